The molecule has 112 valence electrons. The number of aliphatic carboxylic acids is 1. The van der Waals surface area contributed by atoms with E-state index in [1.165, 1.54) is 30.7 Å². The maximum absolute atomic E-state index is 14.0. The van der Waals surface area contributed by atoms with Crippen LogP contribution in [0.2, 0.25) is 0 Å². The molecule has 1 fully saturated rings. The van der Waals surface area contributed by atoms with Gasteiger partial charge in [0.25, 0.3) is 5.91 Å². The van der Waals surface area contributed by atoms with Crippen LogP contribution in [0.15, 0.2) is 24.3 Å². The van der Waals surface area contributed by atoms with Crippen LogP contribution < -0.4 is 0 Å². The van der Waals surface area contributed by atoms with Gasteiger partial charge in [-0.1, -0.05) is 12.5 Å². The number of carboxylic acids is 1. The summed E-state index contributed by atoms with van der Waals surface area (Å²) in [4.78, 5) is 24.2. The average Bonchev–Trinajstić information content (AvgIpc) is 2.39. The fourth-order valence-electron chi connectivity index (χ4n) is 2.33. The highest BCUT2D eigenvalue weighted by molar-refractivity contribution is 5.94. The quantitative estimate of drug-likeness (QED) is 0.849. The highest BCUT2D eigenvalue weighted by atomic mass is 19.1. The number of rotatable bonds is 5. The molecule has 1 aliphatic carbocycles. The van der Waals surface area contributed by atoms with Gasteiger partial charge in [-0.25, -0.2) is 9.18 Å². The molecule has 1 amide bonds. The van der Waals surface area contributed by atoms with E-state index in [1.54, 1.807) is 11.9 Å². The largest absolute Gasteiger partial charge is 0.478 e. The van der Waals surface area contributed by atoms with Crippen LogP contribution in [-0.4, -0.2) is 35.5 Å². The van der Waals surface area contributed by atoms with Crippen molar-refractivity contribution in [3.8, 4) is 0 Å². The lowest BCUT2D eigenvalue weighted by Crippen LogP contribution is -2.34. The third-order valence-electron chi connectivity index (χ3n) is 3.75. The minimum absolute atomic E-state index is 0.0179. The van der Waals surface area contributed by atoms with Crippen molar-refractivity contribution in [1.82, 2.24) is 4.90 Å². The maximum atomic E-state index is 14.0. The van der Waals surface area contributed by atoms with Crippen LogP contribution >= 0.6 is 0 Å². The number of carboxylic acid groups (broad SMARTS) is 1. The van der Waals surface area contributed by atoms with Crippen LogP contribution in [0.3, 0.4) is 0 Å². The molecule has 0 radical (unpaired) electrons. The van der Waals surface area contributed by atoms with E-state index in [0.29, 0.717) is 18.0 Å². The lowest BCUT2D eigenvalue weighted by Gasteiger charge is -2.30. The zero-order valence-corrected chi connectivity index (χ0v) is 11.9. The van der Waals surface area contributed by atoms with Crippen molar-refractivity contribution in [3.05, 3.63) is 41.2 Å². The molecular formula is C16H18FNO3. The third kappa shape index (κ3) is 3.90. The first-order valence-corrected chi connectivity index (χ1v) is 6.93. The van der Waals surface area contributed by atoms with Gasteiger partial charge in [-0.3, -0.25) is 4.79 Å². The Morgan fingerprint density at radius 2 is 2.14 bits per heavy atom. The Kier molecular flexibility index (Phi) is 4.73. The minimum Gasteiger partial charge on any atom is -0.478 e. The Hall–Kier alpha value is -2.17. The van der Waals surface area contributed by atoms with Crippen LogP contribution in [0.25, 0.3) is 6.08 Å². The van der Waals surface area contributed by atoms with E-state index in [9.17, 15) is 14.0 Å². The summed E-state index contributed by atoms with van der Waals surface area (Å²) < 4.78 is 14.0. The van der Waals surface area contributed by atoms with Crippen LogP contribution in [0.5, 0.6) is 0 Å². The van der Waals surface area contributed by atoms with E-state index in [2.05, 4.69) is 0 Å². The summed E-state index contributed by atoms with van der Waals surface area (Å²) in [6, 6.07) is 4.10. The van der Waals surface area contributed by atoms with E-state index in [0.717, 1.165) is 18.9 Å². The van der Waals surface area contributed by atoms with Crippen molar-refractivity contribution in [2.75, 3.05) is 13.6 Å². The number of hydrogen-bond acceptors (Lipinski definition) is 2. The SMILES string of the molecule is CN(CC1CCC1)C(=O)c1ccc(C=CC(=O)O)cc1F. The first-order valence-electron chi connectivity index (χ1n) is 6.93. The van der Waals surface area contributed by atoms with Crippen molar-refractivity contribution in [1.29, 1.82) is 0 Å². The minimum atomic E-state index is -1.10. The average molecular weight is 291 g/mol. The van der Waals surface area contributed by atoms with Crippen LogP contribution in [0, 0.1) is 11.7 Å². The zero-order chi connectivity index (χ0) is 15.4. The molecular weight excluding hydrogens is 273 g/mol. The number of carbonyl (C=O) groups excluding carboxylic acids is 1. The molecule has 2 rings (SSSR count). The van der Waals surface area contributed by atoms with Crippen molar-refractivity contribution >= 4 is 18.0 Å². The molecule has 0 heterocycles. The molecule has 0 aliphatic heterocycles. The molecule has 5 heteroatoms. The molecule has 1 aromatic carbocycles. The van der Waals surface area contributed by atoms with E-state index in [-0.39, 0.29) is 11.5 Å². The van der Waals surface area contributed by atoms with Crippen LogP contribution in [0.1, 0.15) is 35.2 Å². The van der Waals surface area contributed by atoms with Gasteiger partial charge in [0, 0.05) is 19.7 Å². The summed E-state index contributed by atoms with van der Waals surface area (Å²) in [5.74, 6) is -1.54. The number of nitrogens with zero attached hydrogens (tertiary/aromatic N) is 1. The molecule has 0 atom stereocenters. The van der Waals surface area contributed by atoms with Crippen LogP contribution in [0.4, 0.5) is 4.39 Å². The molecule has 0 aromatic heterocycles. The smallest absolute Gasteiger partial charge is 0.328 e. The molecule has 0 unspecified atom stereocenters. The summed E-state index contributed by atoms with van der Waals surface area (Å²) in [6.07, 6.45) is 5.67. The summed E-state index contributed by atoms with van der Waals surface area (Å²) in [5.41, 5.74) is 0.428. The zero-order valence-electron chi connectivity index (χ0n) is 11.9. The Morgan fingerprint density at radius 1 is 1.43 bits per heavy atom. The fraction of sp³-hybridized carbons (Fsp3) is 0.375. The van der Waals surface area contributed by atoms with E-state index >= 15 is 0 Å². The highest BCUT2D eigenvalue weighted by Crippen LogP contribution is 2.27. The maximum Gasteiger partial charge on any atom is 0.328 e. The van der Waals surface area contributed by atoms with Crippen LogP contribution in [-0.2, 0) is 4.79 Å². The van der Waals surface area contributed by atoms with E-state index in [1.807, 2.05) is 0 Å². The first kappa shape index (κ1) is 15.2. The van der Waals surface area contributed by atoms with E-state index in [4.69, 9.17) is 5.11 Å². The number of amides is 1. The monoisotopic (exact) mass is 291 g/mol. The molecule has 1 aromatic rings. The molecule has 1 aliphatic rings. The number of benzene rings is 1. The Labute approximate surface area is 122 Å². The van der Waals surface area contributed by atoms with Gasteiger partial charge in [0.15, 0.2) is 0 Å². The van der Waals surface area contributed by atoms with E-state index < -0.39 is 11.8 Å². The molecule has 0 bridgehead atoms. The van der Waals surface area contributed by atoms with Gasteiger partial charge in [0.05, 0.1) is 5.56 Å². The standard InChI is InChI=1S/C16H18FNO3/c1-18(10-12-3-2-4-12)16(21)13-7-5-11(9-14(13)17)6-8-15(19)20/h5-9,12H,2-4,10H2,1H3,(H,19,20). The molecule has 21 heavy (non-hydrogen) atoms. The lowest BCUT2D eigenvalue weighted by molar-refractivity contribution is -0.131. The topological polar surface area (TPSA) is 57.6 Å². The van der Waals surface area contributed by atoms with Crippen molar-refractivity contribution in [2.45, 2.75) is 19.3 Å². The van der Waals surface area contributed by atoms with Gasteiger partial charge < -0.3 is 10.0 Å². The third-order valence-corrected chi connectivity index (χ3v) is 3.75. The van der Waals surface area contributed by atoms with Gasteiger partial charge >= 0.3 is 5.97 Å². The lowest BCUT2D eigenvalue weighted by atomic mass is 9.85. The number of hydrogen-bond donors (Lipinski definition) is 1. The Bertz CT molecular complexity index is 579. The van der Waals surface area contributed by atoms with Gasteiger partial charge in [-0.2, -0.15) is 0 Å². The van der Waals surface area contributed by atoms with Gasteiger partial charge in [0.1, 0.15) is 5.82 Å². The van der Waals surface area contributed by atoms with Crippen molar-refractivity contribution in [2.24, 2.45) is 5.92 Å². The fourth-order valence-corrected chi connectivity index (χ4v) is 2.33. The molecule has 0 saturated heterocycles. The number of halogens is 1. The summed E-state index contributed by atoms with van der Waals surface area (Å²) >= 11 is 0. The normalized spacial score (nSPS) is 15.0. The second-order valence-corrected chi connectivity index (χ2v) is 5.39. The summed E-state index contributed by atoms with van der Waals surface area (Å²) in [5, 5.41) is 8.53. The molecule has 0 spiro atoms. The first-order chi connectivity index (χ1) is 9.97. The summed E-state index contributed by atoms with van der Waals surface area (Å²) in [7, 11) is 1.68. The van der Waals surface area contributed by atoms with Crippen molar-refractivity contribution in [3.63, 3.8) is 0 Å². The molecule has 1 N–H and O–H groups in total. The second-order valence-electron chi connectivity index (χ2n) is 5.39. The second kappa shape index (κ2) is 6.52. The Morgan fingerprint density at radius 3 is 2.67 bits per heavy atom. The summed E-state index contributed by atoms with van der Waals surface area (Å²) in [6.45, 7) is 0.652. The predicted molar refractivity (Wildman–Crippen MR) is 77.4 cm³/mol. The van der Waals surface area contributed by atoms with Gasteiger partial charge in [0.2, 0.25) is 0 Å². The highest BCUT2D eigenvalue weighted by Gasteiger charge is 2.23. The molecule has 4 nitrogen and oxygen atoms in total. The van der Waals surface area contributed by atoms with Gasteiger partial charge in [-0.05, 0) is 42.5 Å². The predicted octanol–water partition coefficient (Wildman–Crippen LogP) is 2.80. The van der Waals surface area contributed by atoms with Crippen molar-refractivity contribution < 1.29 is 19.1 Å². The van der Waals surface area contributed by atoms with Gasteiger partial charge in [-0.15, -0.1) is 0 Å². The molecule has 1 saturated carbocycles. The number of carbonyl (C=O) groups is 2. The Balaban J connectivity index is 2.08.